The lowest BCUT2D eigenvalue weighted by atomic mass is 10.0. The van der Waals surface area contributed by atoms with Crippen LogP contribution in [0.1, 0.15) is 37.2 Å². The van der Waals surface area contributed by atoms with E-state index in [0.29, 0.717) is 5.69 Å². The molecule has 0 aliphatic heterocycles. The molecule has 1 heterocycles. The van der Waals surface area contributed by atoms with E-state index in [2.05, 4.69) is 4.98 Å². The SMILES string of the molecule is CC(C)[C@H](N)C(=O)N(CC(=O)c1ccc[nH]1)C1CC1. The van der Waals surface area contributed by atoms with Crippen molar-refractivity contribution in [1.82, 2.24) is 9.88 Å². The molecule has 1 fully saturated rings. The third-order valence-electron chi connectivity index (χ3n) is 3.49. The molecule has 1 amide bonds. The number of carbonyl (C=O) groups excluding carboxylic acids is 2. The van der Waals surface area contributed by atoms with E-state index < -0.39 is 6.04 Å². The fourth-order valence-corrected chi connectivity index (χ4v) is 1.99. The van der Waals surface area contributed by atoms with Crippen LogP contribution in [0.25, 0.3) is 0 Å². The molecule has 0 radical (unpaired) electrons. The minimum Gasteiger partial charge on any atom is -0.359 e. The quantitative estimate of drug-likeness (QED) is 0.756. The smallest absolute Gasteiger partial charge is 0.240 e. The molecule has 19 heavy (non-hydrogen) atoms. The largest absolute Gasteiger partial charge is 0.359 e. The van der Waals surface area contributed by atoms with Gasteiger partial charge in [0.15, 0.2) is 5.78 Å². The normalized spacial score (nSPS) is 16.4. The summed E-state index contributed by atoms with van der Waals surface area (Å²) in [6.45, 7) is 3.95. The van der Waals surface area contributed by atoms with E-state index in [9.17, 15) is 9.59 Å². The van der Waals surface area contributed by atoms with Crippen molar-refractivity contribution in [3.63, 3.8) is 0 Å². The molecule has 3 N–H and O–H groups in total. The Morgan fingerprint density at radius 1 is 1.47 bits per heavy atom. The summed E-state index contributed by atoms with van der Waals surface area (Å²) in [5, 5.41) is 0. The fraction of sp³-hybridized carbons (Fsp3) is 0.571. The molecule has 0 bridgehead atoms. The van der Waals surface area contributed by atoms with Crippen LogP contribution in [-0.2, 0) is 4.79 Å². The van der Waals surface area contributed by atoms with E-state index in [1.807, 2.05) is 13.8 Å². The van der Waals surface area contributed by atoms with Gasteiger partial charge in [-0.15, -0.1) is 0 Å². The van der Waals surface area contributed by atoms with Gasteiger partial charge in [0.1, 0.15) is 0 Å². The van der Waals surface area contributed by atoms with Gasteiger partial charge < -0.3 is 15.6 Å². The topological polar surface area (TPSA) is 79.2 Å². The molecule has 5 nitrogen and oxygen atoms in total. The first-order valence-electron chi connectivity index (χ1n) is 6.73. The van der Waals surface area contributed by atoms with Crippen molar-refractivity contribution in [3.8, 4) is 0 Å². The van der Waals surface area contributed by atoms with Crippen LogP contribution in [0.2, 0.25) is 0 Å². The van der Waals surface area contributed by atoms with Crippen LogP contribution in [0, 0.1) is 5.92 Å². The van der Waals surface area contributed by atoms with Gasteiger partial charge in [0.05, 0.1) is 18.3 Å². The van der Waals surface area contributed by atoms with Gasteiger partial charge in [0, 0.05) is 12.2 Å². The third-order valence-corrected chi connectivity index (χ3v) is 3.49. The van der Waals surface area contributed by atoms with Crippen LogP contribution >= 0.6 is 0 Å². The van der Waals surface area contributed by atoms with Gasteiger partial charge in [-0.2, -0.15) is 0 Å². The maximum absolute atomic E-state index is 12.3. The lowest BCUT2D eigenvalue weighted by Gasteiger charge is -2.26. The monoisotopic (exact) mass is 263 g/mol. The van der Waals surface area contributed by atoms with Crippen LogP contribution in [0.4, 0.5) is 0 Å². The van der Waals surface area contributed by atoms with Gasteiger partial charge >= 0.3 is 0 Å². The molecule has 1 aliphatic carbocycles. The second kappa shape index (κ2) is 5.57. The Labute approximate surface area is 113 Å². The predicted octanol–water partition coefficient (Wildman–Crippen LogP) is 1.17. The first kappa shape index (κ1) is 13.8. The van der Waals surface area contributed by atoms with Crippen molar-refractivity contribution in [2.75, 3.05) is 6.54 Å². The van der Waals surface area contributed by atoms with Crippen LogP contribution in [0.5, 0.6) is 0 Å². The zero-order chi connectivity index (χ0) is 14.0. The standard InChI is InChI=1S/C14H21N3O2/c1-9(2)13(15)14(19)17(10-5-6-10)8-12(18)11-4-3-7-16-11/h3-4,7,9-10,13,16H,5-6,8,15H2,1-2H3/t13-/m0/s1. The van der Waals surface area contributed by atoms with Crippen molar-refractivity contribution >= 4 is 11.7 Å². The highest BCUT2D eigenvalue weighted by Crippen LogP contribution is 2.28. The van der Waals surface area contributed by atoms with E-state index in [-0.39, 0.29) is 30.2 Å². The molecule has 0 unspecified atom stereocenters. The summed E-state index contributed by atoms with van der Waals surface area (Å²) in [4.78, 5) is 28.9. The van der Waals surface area contributed by atoms with Crippen molar-refractivity contribution in [1.29, 1.82) is 0 Å². The zero-order valence-corrected chi connectivity index (χ0v) is 11.4. The number of hydrogen-bond acceptors (Lipinski definition) is 3. The van der Waals surface area contributed by atoms with E-state index in [1.165, 1.54) is 0 Å². The Hall–Kier alpha value is -1.62. The summed E-state index contributed by atoms with van der Waals surface area (Å²) in [7, 11) is 0. The lowest BCUT2D eigenvalue weighted by Crippen LogP contribution is -2.49. The summed E-state index contributed by atoms with van der Waals surface area (Å²) < 4.78 is 0. The van der Waals surface area contributed by atoms with Crippen LogP contribution < -0.4 is 5.73 Å². The summed E-state index contributed by atoms with van der Waals surface area (Å²) in [5.41, 5.74) is 6.45. The van der Waals surface area contributed by atoms with Gasteiger partial charge in [-0.25, -0.2) is 0 Å². The molecule has 1 aromatic rings. The third kappa shape index (κ3) is 3.23. The predicted molar refractivity (Wildman–Crippen MR) is 72.7 cm³/mol. The molecule has 0 spiro atoms. The number of rotatable bonds is 6. The van der Waals surface area contributed by atoms with Gasteiger partial charge in [-0.3, -0.25) is 9.59 Å². The number of ketones is 1. The summed E-state index contributed by atoms with van der Waals surface area (Å²) >= 11 is 0. The van der Waals surface area contributed by atoms with Gasteiger partial charge in [0.25, 0.3) is 0 Å². The Kier molecular flexibility index (Phi) is 4.04. The van der Waals surface area contributed by atoms with Crippen molar-refractivity contribution < 1.29 is 9.59 Å². The molecule has 2 rings (SSSR count). The molecule has 0 saturated heterocycles. The molecule has 1 atom stereocenters. The van der Waals surface area contributed by atoms with E-state index in [4.69, 9.17) is 5.73 Å². The number of nitrogens with two attached hydrogens (primary N) is 1. The summed E-state index contributed by atoms with van der Waals surface area (Å²) in [5.74, 6) is -0.104. The number of H-pyrrole nitrogens is 1. The number of amides is 1. The Morgan fingerprint density at radius 2 is 2.16 bits per heavy atom. The van der Waals surface area contributed by atoms with Gasteiger partial charge in [-0.05, 0) is 30.9 Å². The lowest BCUT2D eigenvalue weighted by molar-refractivity contribution is -0.133. The Bertz CT molecular complexity index is 449. The zero-order valence-electron chi connectivity index (χ0n) is 11.4. The molecule has 1 aromatic heterocycles. The minimum atomic E-state index is -0.531. The summed E-state index contributed by atoms with van der Waals surface area (Å²) in [6.07, 6.45) is 3.64. The Balaban J connectivity index is 2.04. The van der Waals surface area contributed by atoms with Crippen LogP contribution in [-0.4, -0.2) is 40.2 Å². The molecule has 0 aromatic carbocycles. The molecular weight excluding hydrogens is 242 g/mol. The average Bonchev–Trinajstić information content (AvgIpc) is 3.07. The number of aromatic amines is 1. The first-order valence-corrected chi connectivity index (χ1v) is 6.73. The highest BCUT2D eigenvalue weighted by molar-refractivity contribution is 5.98. The highest BCUT2D eigenvalue weighted by atomic mass is 16.2. The van der Waals surface area contributed by atoms with E-state index >= 15 is 0 Å². The highest BCUT2D eigenvalue weighted by Gasteiger charge is 2.36. The fourth-order valence-electron chi connectivity index (χ4n) is 1.99. The first-order chi connectivity index (χ1) is 9.00. The van der Waals surface area contributed by atoms with Crippen LogP contribution in [0.3, 0.4) is 0 Å². The number of aromatic nitrogens is 1. The van der Waals surface area contributed by atoms with Gasteiger partial charge in [-0.1, -0.05) is 13.8 Å². The number of Topliss-reactive ketones (excluding diaryl/α,β-unsaturated/α-hetero) is 1. The number of hydrogen-bond donors (Lipinski definition) is 2. The molecule has 104 valence electrons. The number of carbonyl (C=O) groups is 2. The average molecular weight is 263 g/mol. The molecule has 5 heteroatoms. The maximum Gasteiger partial charge on any atom is 0.240 e. The second-order valence-corrected chi connectivity index (χ2v) is 5.47. The van der Waals surface area contributed by atoms with E-state index in [1.54, 1.807) is 23.2 Å². The molecule has 1 saturated carbocycles. The number of nitrogens with one attached hydrogen (secondary N) is 1. The van der Waals surface area contributed by atoms with Crippen molar-refractivity contribution in [3.05, 3.63) is 24.0 Å². The maximum atomic E-state index is 12.3. The van der Waals surface area contributed by atoms with Crippen molar-refractivity contribution in [2.24, 2.45) is 11.7 Å². The number of nitrogens with zero attached hydrogens (tertiary/aromatic N) is 1. The van der Waals surface area contributed by atoms with Crippen molar-refractivity contribution in [2.45, 2.75) is 38.8 Å². The Morgan fingerprint density at radius 3 is 2.63 bits per heavy atom. The van der Waals surface area contributed by atoms with E-state index in [0.717, 1.165) is 12.8 Å². The summed E-state index contributed by atoms with van der Waals surface area (Å²) in [6, 6.07) is 3.16. The molecular formula is C14H21N3O2. The molecule has 1 aliphatic rings. The minimum absolute atomic E-state index is 0.0683. The second-order valence-electron chi connectivity index (χ2n) is 5.47. The van der Waals surface area contributed by atoms with Gasteiger partial charge in [0.2, 0.25) is 5.91 Å². The van der Waals surface area contributed by atoms with Crippen LogP contribution in [0.15, 0.2) is 18.3 Å².